The van der Waals surface area contributed by atoms with Gasteiger partial charge in [0.15, 0.2) is 0 Å². The van der Waals surface area contributed by atoms with Gasteiger partial charge < -0.3 is 5.11 Å². The highest BCUT2D eigenvalue weighted by molar-refractivity contribution is 5.69. The van der Waals surface area contributed by atoms with Crippen molar-refractivity contribution in [2.45, 2.75) is 34.2 Å². The van der Waals surface area contributed by atoms with Crippen molar-refractivity contribution in [1.82, 2.24) is 9.78 Å². The van der Waals surface area contributed by atoms with E-state index in [2.05, 4.69) is 5.10 Å². The maximum absolute atomic E-state index is 10.7. The lowest BCUT2D eigenvalue weighted by Crippen LogP contribution is -2.18. The molecule has 1 atom stereocenters. The van der Waals surface area contributed by atoms with E-state index in [4.69, 9.17) is 5.11 Å². The van der Waals surface area contributed by atoms with Crippen LogP contribution < -0.4 is 0 Å². The number of carbonyl (C=O) groups is 1. The molecule has 0 radical (unpaired) electrons. The maximum Gasteiger partial charge on any atom is 0.308 e. The number of rotatable bonds is 3. The van der Waals surface area contributed by atoms with Gasteiger partial charge in [-0.05, 0) is 26.3 Å². The number of hydrogen-bond donors (Lipinski definition) is 1. The molecule has 1 aromatic rings. The third-order valence-corrected chi connectivity index (χ3v) is 2.61. The summed E-state index contributed by atoms with van der Waals surface area (Å²) in [5, 5.41) is 13.1. The fourth-order valence-corrected chi connectivity index (χ4v) is 1.30. The van der Waals surface area contributed by atoms with Crippen molar-refractivity contribution >= 4 is 5.97 Å². The molecule has 1 N–H and O–H groups in total. The molecule has 0 aliphatic rings. The van der Waals surface area contributed by atoms with Crippen molar-refractivity contribution in [3.63, 3.8) is 0 Å². The predicted octanol–water partition coefficient (Wildman–Crippen LogP) is 1.53. The lowest BCUT2D eigenvalue weighted by molar-refractivity contribution is -0.141. The van der Waals surface area contributed by atoms with E-state index in [1.54, 1.807) is 11.6 Å². The van der Waals surface area contributed by atoms with E-state index >= 15 is 0 Å². The van der Waals surface area contributed by atoms with Crippen LogP contribution in [-0.2, 0) is 11.3 Å². The van der Waals surface area contributed by atoms with Gasteiger partial charge in [0, 0.05) is 5.69 Å². The molecule has 0 saturated heterocycles. The topological polar surface area (TPSA) is 55.1 Å². The second-order valence-electron chi connectivity index (χ2n) is 3.72. The molecule has 1 aromatic heterocycles. The Labute approximate surface area is 83.5 Å². The Hall–Kier alpha value is -1.32. The summed E-state index contributed by atoms with van der Waals surface area (Å²) >= 11 is 0. The van der Waals surface area contributed by atoms with Crippen molar-refractivity contribution in [3.05, 3.63) is 17.0 Å². The Morgan fingerprint density at radius 2 is 2.07 bits per heavy atom. The van der Waals surface area contributed by atoms with Crippen LogP contribution in [0.1, 0.15) is 23.9 Å². The van der Waals surface area contributed by atoms with Crippen molar-refractivity contribution < 1.29 is 9.90 Å². The van der Waals surface area contributed by atoms with Crippen LogP contribution in [0.2, 0.25) is 0 Å². The van der Waals surface area contributed by atoms with E-state index in [0.717, 1.165) is 17.0 Å². The molecule has 0 aliphatic carbocycles. The SMILES string of the molecule is Cc1nn(C[C@@H](C)C(=O)O)c(C)c1C. The van der Waals surface area contributed by atoms with Crippen LogP contribution in [0.15, 0.2) is 0 Å². The Morgan fingerprint density at radius 1 is 1.50 bits per heavy atom. The van der Waals surface area contributed by atoms with Crippen LogP contribution in [0, 0.1) is 26.7 Å². The van der Waals surface area contributed by atoms with Gasteiger partial charge in [-0.15, -0.1) is 0 Å². The molecule has 0 bridgehead atoms. The minimum absolute atomic E-state index is 0.396. The summed E-state index contributed by atoms with van der Waals surface area (Å²) in [6, 6.07) is 0. The Morgan fingerprint density at radius 3 is 2.43 bits per heavy atom. The molecular weight excluding hydrogens is 180 g/mol. The Balaban J connectivity index is 2.87. The molecule has 0 spiro atoms. The van der Waals surface area contributed by atoms with Gasteiger partial charge in [0.1, 0.15) is 0 Å². The second-order valence-corrected chi connectivity index (χ2v) is 3.72. The number of carboxylic acid groups (broad SMARTS) is 1. The molecule has 0 unspecified atom stereocenters. The highest BCUT2D eigenvalue weighted by atomic mass is 16.4. The van der Waals surface area contributed by atoms with Crippen LogP contribution in [-0.4, -0.2) is 20.9 Å². The normalized spacial score (nSPS) is 12.9. The molecule has 0 amide bonds. The number of aryl methyl sites for hydroxylation is 1. The molecule has 0 aliphatic heterocycles. The van der Waals surface area contributed by atoms with Crippen LogP contribution >= 0.6 is 0 Å². The van der Waals surface area contributed by atoms with E-state index in [-0.39, 0.29) is 0 Å². The highest BCUT2D eigenvalue weighted by Crippen LogP contribution is 2.12. The summed E-state index contributed by atoms with van der Waals surface area (Å²) < 4.78 is 1.77. The summed E-state index contributed by atoms with van der Waals surface area (Å²) in [6.07, 6.45) is 0. The number of nitrogens with zero attached hydrogens (tertiary/aromatic N) is 2. The van der Waals surface area contributed by atoms with Gasteiger partial charge in [-0.1, -0.05) is 6.92 Å². The zero-order valence-corrected chi connectivity index (χ0v) is 9.03. The van der Waals surface area contributed by atoms with Gasteiger partial charge in [-0.25, -0.2) is 0 Å². The summed E-state index contributed by atoms with van der Waals surface area (Å²) in [5.41, 5.74) is 3.17. The van der Waals surface area contributed by atoms with Gasteiger partial charge in [-0.3, -0.25) is 9.48 Å². The van der Waals surface area contributed by atoms with Gasteiger partial charge >= 0.3 is 5.97 Å². The predicted molar refractivity (Wildman–Crippen MR) is 53.2 cm³/mol. The van der Waals surface area contributed by atoms with Crippen molar-refractivity contribution in [3.8, 4) is 0 Å². The summed E-state index contributed by atoms with van der Waals surface area (Å²) in [5.74, 6) is -1.18. The zero-order chi connectivity index (χ0) is 10.9. The largest absolute Gasteiger partial charge is 0.481 e. The third-order valence-electron chi connectivity index (χ3n) is 2.61. The molecule has 0 aromatic carbocycles. The molecule has 1 heterocycles. The zero-order valence-electron chi connectivity index (χ0n) is 9.03. The van der Waals surface area contributed by atoms with Crippen LogP contribution in [0.25, 0.3) is 0 Å². The molecule has 14 heavy (non-hydrogen) atoms. The van der Waals surface area contributed by atoms with E-state index in [0.29, 0.717) is 6.54 Å². The number of aromatic nitrogens is 2. The molecular formula is C10H16N2O2. The molecule has 0 saturated carbocycles. The Kier molecular flexibility index (Phi) is 2.93. The lowest BCUT2D eigenvalue weighted by Gasteiger charge is -2.08. The summed E-state index contributed by atoms with van der Waals surface area (Å²) in [6.45, 7) is 8.03. The third kappa shape index (κ3) is 1.95. The summed E-state index contributed by atoms with van der Waals surface area (Å²) in [4.78, 5) is 10.7. The molecule has 1 rings (SSSR count). The smallest absolute Gasteiger partial charge is 0.308 e. The van der Waals surface area contributed by atoms with Crippen LogP contribution in [0.3, 0.4) is 0 Å². The average Bonchev–Trinajstić information content (AvgIpc) is 2.33. The molecule has 0 fully saturated rings. The van der Waals surface area contributed by atoms with E-state index in [1.807, 2.05) is 20.8 Å². The van der Waals surface area contributed by atoms with Crippen LogP contribution in [0.5, 0.6) is 0 Å². The first-order chi connectivity index (χ1) is 6.43. The Bertz CT molecular complexity index is 355. The van der Waals surface area contributed by atoms with Gasteiger partial charge in [-0.2, -0.15) is 5.10 Å². The standard InChI is InChI=1S/C10H16N2O2/c1-6(10(13)14)5-12-9(4)7(2)8(3)11-12/h6H,5H2,1-4H3,(H,13,14)/t6-/m1/s1. The van der Waals surface area contributed by atoms with Gasteiger partial charge in [0.05, 0.1) is 18.2 Å². The van der Waals surface area contributed by atoms with Crippen molar-refractivity contribution in [1.29, 1.82) is 0 Å². The minimum atomic E-state index is -0.782. The van der Waals surface area contributed by atoms with Gasteiger partial charge in [0.25, 0.3) is 0 Å². The van der Waals surface area contributed by atoms with Crippen molar-refractivity contribution in [2.24, 2.45) is 5.92 Å². The van der Waals surface area contributed by atoms with E-state index in [1.165, 1.54) is 0 Å². The van der Waals surface area contributed by atoms with Crippen molar-refractivity contribution in [2.75, 3.05) is 0 Å². The average molecular weight is 196 g/mol. The number of aliphatic carboxylic acids is 1. The number of carboxylic acids is 1. The fraction of sp³-hybridized carbons (Fsp3) is 0.600. The first-order valence-electron chi connectivity index (χ1n) is 4.67. The fourth-order valence-electron chi connectivity index (χ4n) is 1.30. The molecule has 4 heteroatoms. The first-order valence-corrected chi connectivity index (χ1v) is 4.67. The second kappa shape index (κ2) is 3.82. The maximum atomic E-state index is 10.7. The summed E-state index contributed by atoms with van der Waals surface area (Å²) in [7, 11) is 0. The molecule has 4 nitrogen and oxygen atoms in total. The van der Waals surface area contributed by atoms with E-state index in [9.17, 15) is 4.79 Å². The lowest BCUT2D eigenvalue weighted by atomic mass is 10.2. The van der Waals surface area contributed by atoms with Crippen LogP contribution in [0.4, 0.5) is 0 Å². The monoisotopic (exact) mass is 196 g/mol. The molecule has 78 valence electrons. The van der Waals surface area contributed by atoms with E-state index < -0.39 is 11.9 Å². The quantitative estimate of drug-likeness (QED) is 0.797. The first kappa shape index (κ1) is 10.8. The highest BCUT2D eigenvalue weighted by Gasteiger charge is 2.15. The number of hydrogen-bond acceptors (Lipinski definition) is 2. The van der Waals surface area contributed by atoms with Gasteiger partial charge in [0.2, 0.25) is 0 Å². The minimum Gasteiger partial charge on any atom is -0.481 e.